The van der Waals surface area contributed by atoms with Crippen molar-refractivity contribution >= 4 is 34.6 Å². The molecule has 1 atom stereocenters. The molecular formula is C20H27BrO2Si. The van der Waals surface area contributed by atoms with E-state index < -0.39 is 14.4 Å². The number of benzene rings is 2. The first-order valence-corrected chi connectivity index (χ1v) is 11.4. The highest BCUT2D eigenvalue weighted by Gasteiger charge is 2.50. The van der Waals surface area contributed by atoms with Crippen LogP contribution < -0.4 is 10.4 Å². The minimum Gasteiger partial charge on any atom is -0.405 e. The Labute approximate surface area is 155 Å². The molecule has 1 N–H and O–H groups in total. The topological polar surface area (TPSA) is 29.5 Å². The molecule has 0 amide bonds. The minimum absolute atomic E-state index is 0.0518. The Morgan fingerprint density at radius 1 is 0.958 bits per heavy atom. The van der Waals surface area contributed by atoms with Gasteiger partial charge in [0.25, 0.3) is 8.32 Å². The molecule has 0 aliphatic heterocycles. The monoisotopic (exact) mass is 406 g/mol. The number of hydrogen-bond donors (Lipinski definition) is 1. The first kappa shape index (κ1) is 19.4. The lowest BCUT2D eigenvalue weighted by molar-refractivity contribution is 0.100. The molecule has 0 aliphatic rings. The third kappa shape index (κ3) is 4.17. The summed E-state index contributed by atoms with van der Waals surface area (Å²) in [4.78, 5) is 0. The third-order valence-electron chi connectivity index (χ3n) is 4.35. The van der Waals surface area contributed by atoms with Gasteiger partial charge in [0.2, 0.25) is 0 Å². The molecule has 0 aromatic heterocycles. The molecule has 0 fully saturated rings. The van der Waals surface area contributed by atoms with E-state index >= 15 is 0 Å². The Morgan fingerprint density at radius 3 is 1.79 bits per heavy atom. The Bertz CT molecular complexity index is 571. The number of rotatable bonds is 7. The van der Waals surface area contributed by atoms with Gasteiger partial charge in [0.15, 0.2) is 0 Å². The van der Waals surface area contributed by atoms with Crippen molar-refractivity contribution in [3.05, 3.63) is 60.7 Å². The molecule has 0 radical (unpaired) electrons. The number of hydrogen-bond acceptors (Lipinski definition) is 2. The van der Waals surface area contributed by atoms with Crippen LogP contribution >= 0.6 is 15.9 Å². The Hall–Kier alpha value is -0.943. The van der Waals surface area contributed by atoms with Crippen LogP contribution in [0.4, 0.5) is 0 Å². The van der Waals surface area contributed by atoms with E-state index in [0.29, 0.717) is 13.0 Å². The smallest absolute Gasteiger partial charge is 0.261 e. The zero-order chi connectivity index (χ0) is 17.6. The van der Waals surface area contributed by atoms with E-state index in [0.717, 1.165) is 5.33 Å². The van der Waals surface area contributed by atoms with Gasteiger partial charge in [-0.1, -0.05) is 97.4 Å². The highest BCUT2D eigenvalue weighted by atomic mass is 79.9. The van der Waals surface area contributed by atoms with Crippen molar-refractivity contribution in [1.82, 2.24) is 0 Å². The van der Waals surface area contributed by atoms with Crippen LogP contribution in [-0.4, -0.2) is 31.5 Å². The number of aliphatic hydroxyl groups is 1. The third-order valence-corrected chi connectivity index (χ3v) is 9.81. The summed E-state index contributed by atoms with van der Waals surface area (Å²) in [6, 6.07) is 21.0. The summed E-state index contributed by atoms with van der Waals surface area (Å²) in [5.41, 5.74) is 0. The van der Waals surface area contributed by atoms with E-state index in [1.807, 2.05) is 12.1 Å². The van der Waals surface area contributed by atoms with Crippen molar-refractivity contribution in [2.75, 3.05) is 11.9 Å². The quantitative estimate of drug-likeness (QED) is 0.560. The summed E-state index contributed by atoms with van der Waals surface area (Å²) in [6.07, 6.45) is 0.240. The molecular weight excluding hydrogens is 380 g/mol. The fourth-order valence-electron chi connectivity index (χ4n) is 3.19. The zero-order valence-electron chi connectivity index (χ0n) is 14.7. The van der Waals surface area contributed by atoms with E-state index in [-0.39, 0.29) is 5.04 Å². The lowest BCUT2D eigenvalue weighted by Gasteiger charge is -2.43. The highest BCUT2D eigenvalue weighted by Crippen LogP contribution is 2.36. The van der Waals surface area contributed by atoms with E-state index in [1.54, 1.807) is 0 Å². The molecule has 0 saturated carbocycles. The molecule has 130 valence electrons. The van der Waals surface area contributed by atoms with E-state index in [4.69, 9.17) is 4.43 Å². The van der Waals surface area contributed by atoms with E-state index in [1.165, 1.54) is 10.4 Å². The van der Waals surface area contributed by atoms with Gasteiger partial charge in [0, 0.05) is 5.33 Å². The molecule has 0 saturated heterocycles. The van der Waals surface area contributed by atoms with Crippen molar-refractivity contribution in [3.8, 4) is 0 Å². The molecule has 0 bridgehead atoms. The molecule has 0 spiro atoms. The fourth-order valence-corrected chi connectivity index (χ4v) is 8.32. The van der Waals surface area contributed by atoms with Crippen LogP contribution in [0.15, 0.2) is 60.7 Å². The van der Waals surface area contributed by atoms with Crippen LogP contribution in [0.5, 0.6) is 0 Å². The predicted molar refractivity (Wildman–Crippen MR) is 108 cm³/mol. The molecule has 0 unspecified atom stereocenters. The average Bonchev–Trinajstić information content (AvgIpc) is 2.56. The van der Waals surface area contributed by atoms with Crippen LogP contribution in [0.25, 0.3) is 0 Å². The van der Waals surface area contributed by atoms with Crippen molar-refractivity contribution in [2.24, 2.45) is 0 Å². The molecule has 2 aromatic rings. The minimum atomic E-state index is -2.52. The normalized spacial score (nSPS) is 13.7. The van der Waals surface area contributed by atoms with Crippen molar-refractivity contribution in [2.45, 2.75) is 38.3 Å². The van der Waals surface area contributed by atoms with E-state index in [9.17, 15) is 5.11 Å². The van der Waals surface area contributed by atoms with Gasteiger partial charge in [-0.2, -0.15) is 0 Å². The van der Waals surface area contributed by atoms with Crippen molar-refractivity contribution in [3.63, 3.8) is 0 Å². The summed E-state index contributed by atoms with van der Waals surface area (Å²) in [5.74, 6) is 0. The molecule has 24 heavy (non-hydrogen) atoms. The van der Waals surface area contributed by atoms with Gasteiger partial charge in [0.05, 0.1) is 12.7 Å². The molecule has 2 aromatic carbocycles. The fraction of sp³-hybridized carbons (Fsp3) is 0.400. The summed E-state index contributed by atoms with van der Waals surface area (Å²) in [6.45, 7) is 7.10. The van der Waals surface area contributed by atoms with Crippen LogP contribution in [0.3, 0.4) is 0 Å². The van der Waals surface area contributed by atoms with Crippen LogP contribution in [0, 0.1) is 0 Å². The van der Waals surface area contributed by atoms with E-state index in [2.05, 4.69) is 85.2 Å². The molecule has 4 heteroatoms. The maximum atomic E-state index is 10.2. The Morgan fingerprint density at radius 2 is 1.42 bits per heavy atom. The zero-order valence-corrected chi connectivity index (χ0v) is 17.3. The maximum Gasteiger partial charge on any atom is 0.261 e. The Balaban J connectivity index is 2.53. The van der Waals surface area contributed by atoms with Crippen LogP contribution in [0.2, 0.25) is 5.04 Å². The summed E-state index contributed by atoms with van der Waals surface area (Å²) in [5, 5.41) is 13.5. The number of halogens is 1. The number of aliphatic hydroxyl groups excluding tert-OH is 1. The van der Waals surface area contributed by atoms with Crippen molar-refractivity contribution < 1.29 is 9.53 Å². The summed E-state index contributed by atoms with van der Waals surface area (Å²) >= 11 is 3.40. The SMILES string of the molecule is CC(C)(C)[Si](OC[C@@H](O)CCBr)(c1ccccc1)c1ccccc1. The van der Waals surface area contributed by atoms with Gasteiger partial charge in [-0.15, -0.1) is 0 Å². The second-order valence-electron chi connectivity index (χ2n) is 7.11. The standard InChI is InChI=1S/C20H27BrO2Si/c1-20(2,3)24(18-10-6-4-7-11-18,19-12-8-5-9-13-19)23-16-17(22)14-15-21/h4-13,17,22H,14-16H2,1-3H3/t17-/m0/s1. The average molecular weight is 407 g/mol. The molecule has 0 aliphatic carbocycles. The highest BCUT2D eigenvalue weighted by molar-refractivity contribution is 9.09. The van der Waals surface area contributed by atoms with Gasteiger partial charge in [-0.05, 0) is 21.8 Å². The van der Waals surface area contributed by atoms with Crippen LogP contribution in [-0.2, 0) is 4.43 Å². The lowest BCUT2D eigenvalue weighted by Crippen LogP contribution is -2.67. The maximum absolute atomic E-state index is 10.2. The molecule has 0 heterocycles. The van der Waals surface area contributed by atoms with Gasteiger partial charge in [0.1, 0.15) is 0 Å². The van der Waals surface area contributed by atoms with Crippen LogP contribution in [0.1, 0.15) is 27.2 Å². The van der Waals surface area contributed by atoms with Gasteiger partial charge >= 0.3 is 0 Å². The van der Waals surface area contributed by atoms with Gasteiger partial charge in [-0.3, -0.25) is 0 Å². The Kier molecular flexibility index (Phi) is 6.81. The second-order valence-corrected chi connectivity index (χ2v) is 12.2. The van der Waals surface area contributed by atoms with Crippen molar-refractivity contribution in [1.29, 1.82) is 0 Å². The summed E-state index contributed by atoms with van der Waals surface area (Å²) in [7, 11) is -2.52. The molecule has 2 rings (SSSR count). The largest absolute Gasteiger partial charge is 0.405 e. The molecule has 2 nitrogen and oxygen atoms in total. The van der Waals surface area contributed by atoms with Gasteiger partial charge < -0.3 is 9.53 Å². The first-order valence-electron chi connectivity index (χ1n) is 8.41. The lowest BCUT2D eigenvalue weighted by atomic mass is 10.2. The summed E-state index contributed by atoms with van der Waals surface area (Å²) < 4.78 is 6.65. The number of alkyl halides is 1. The van der Waals surface area contributed by atoms with Gasteiger partial charge in [-0.25, -0.2) is 0 Å². The second kappa shape index (κ2) is 8.43. The first-order chi connectivity index (χ1) is 11.4. The predicted octanol–water partition coefficient (Wildman–Crippen LogP) is 3.71.